The maximum atomic E-state index is 12.0. The number of esters is 4. The second-order valence-electron chi connectivity index (χ2n) is 9.91. The quantitative estimate of drug-likeness (QED) is 0.261. The van der Waals surface area contributed by atoms with Gasteiger partial charge in [-0.1, -0.05) is 20.3 Å². The minimum Gasteiger partial charge on any atom is -0.418 e. The van der Waals surface area contributed by atoms with Gasteiger partial charge in [-0.15, -0.1) is 10.2 Å². The van der Waals surface area contributed by atoms with Crippen LogP contribution in [-0.4, -0.2) is 70.0 Å². The molecule has 0 aromatic carbocycles. The molecule has 228 valence electrons. The van der Waals surface area contributed by atoms with Crippen LogP contribution in [0.25, 0.3) is 0 Å². The maximum absolute atomic E-state index is 12.0. The first-order valence-corrected chi connectivity index (χ1v) is 13.4. The normalized spacial score (nSPS) is 22.0. The maximum Gasteiger partial charge on any atom is 2.00 e. The number of rotatable bonds is 4. The molecule has 3 fully saturated rings. The topological polar surface area (TPSA) is 203 Å². The molecule has 42 heavy (non-hydrogen) atoms. The minimum atomic E-state index is -1.18. The van der Waals surface area contributed by atoms with Gasteiger partial charge in [0, 0.05) is 49.9 Å². The molecule has 16 nitrogen and oxygen atoms in total. The molecule has 0 atom stereocenters. The van der Waals surface area contributed by atoms with Gasteiger partial charge in [0.15, 0.2) is 11.7 Å². The summed E-state index contributed by atoms with van der Waals surface area (Å²) in [7, 11) is 0. The summed E-state index contributed by atoms with van der Waals surface area (Å²) in [6.45, 7) is 7.18. The third-order valence-corrected chi connectivity index (χ3v) is 6.70. The smallest absolute Gasteiger partial charge is 0.418 e. The first-order valence-electron chi connectivity index (χ1n) is 13.4. The van der Waals surface area contributed by atoms with E-state index >= 15 is 0 Å². The Kier molecular flexibility index (Phi) is 10.7. The molecule has 1 saturated carbocycles. The first-order chi connectivity index (χ1) is 19.6. The SMILES string of the molecule is CC1=NN=C(NN=C2C(=O)OC3(CCCCC3)OC2=O)C1.CCC1(CC)OC(=O)C(=NNC2=NN=C(C)C2)C(=O)O1.[Ni+2]. The molecule has 4 aliphatic heterocycles. The van der Waals surface area contributed by atoms with Crippen molar-refractivity contribution in [2.75, 3.05) is 0 Å². The van der Waals surface area contributed by atoms with Crippen molar-refractivity contribution in [1.29, 1.82) is 0 Å². The third-order valence-electron chi connectivity index (χ3n) is 6.70. The molecule has 1 aliphatic carbocycles. The summed E-state index contributed by atoms with van der Waals surface area (Å²) in [5.74, 6) is -4.44. The summed E-state index contributed by atoms with van der Waals surface area (Å²) in [5, 5.41) is 22.7. The second-order valence-corrected chi connectivity index (χ2v) is 9.91. The van der Waals surface area contributed by atoms with E-state index in [1.807, 2.05) is 13.8 Å². The fourth-order valence-corrected chi connectivity index (χ4v) is 4.38. The van der Waals surface area contributed by atoms with Crippen molar-refractivity contribution in [2.24, 2.45) is 30.6 Å². The number of hydrazone groups is 2. The third kappa shape index (κ3) is 7.63. The number of ether oxygens (including phenoxy) is 4. The number of carbonyl (C=O) groups excluding carboxylic acids is 4. The molecule has 1 spiro atoms. The molecule has 0 bridgehead atoms. The van der Waals surface area contributed by atoms with Crippen LogP contribution in [0.3, 0.4) is 0 Å². The molecule has 5 aliphatic rings. The Bertz CT molecular complexity index is 1260. The summed E-state index contributed by atoms with van der Waals surface area (Å²) in [6, 6.07) is 0. The predicted octanol–water partition coefficient (Wildman–Crippen LogP) is 1.59. The van der Waals surface area contributed by atoms with Gasteiger partial charge in [-0.05, 0) is 26.7 Å². The van der Waals surface area contributed by atoms with Crippen LogP contribution >= 0.6 is 0 Å². The Hall–Kier alpha value is -4.01. The van der Waals surface area contributed by atoms with Crippen LogP contribution in [0.1, 0.15) is 85.5 Å². The summed E-state index contributed by atoms with van der Waals surface area (Å²) < 4.78 is 21.0. The van der Waals surface area contributed by atoms with E-state index in [1.165, 1.54) is 0 Å². The zero-order valence-corrected chi connectivity index (χ0v) is 24.6. The summed E-state index contributed by atoms with van der Waals surface area (Å²) >= 11 is 0. The Morgan fingerprint density at radius 2 is 1.07 bits per heavy atom. The van der Waals surface area contributed by atoms with Crippen LogP contribution in [-0.2, 0) is 54.6 Å². The zero-order valence-electron chi connectivity index (χ0n) is 23.6. The molecule has 0 aromatic heterocycles. The van der Waals surface area contributed by atoms with Crippen molar-refractivity contribution in [3.63, 3.8) is 0 Å². The largest absolute Gasteiger partial charge is 2.00 e. The van der Waals surface area contributed by atoms with Gasteiger partial charge in [-0.2, -0.15) is 20.4 Å². The number of cyclic esters (lactones) is 2. The van der Waals surface area contributed by atoms with E-state index in [-0.39, 0.29) is 16.5 Å². The Morgan fingerprint density at radius 3 is 1.43 bits per heavy atom. The van der Waals surface area contributed by atoms with E-state index in [2.05, 4.69) is 41.5 Å². The number of carbonyl (C=O) groups is 4. The van der Waals surface area contributed by atoms with Crippen molar-refractivity contribution < 1.29 is 54.6 Å². The summed E-state index contributed by atoms with van der Waals surface area (Å²) in [6.07, 6.45) is 5.67. The zero-order chi connectivity index (χ0) is 29.6. The van der Waals surface area contributed by atoms with Gasteiger partial charge in [0.1, 0.15) is 0 Å². The number of hydrogen-bond donors (Lipinski definition) is 2. The van der Waals surface area contributed by atoms with Gasteiger partial charge in [0.05, 0.1) is 0 Å². The average Bonchev–Trinajstić information content (AvgIpc) is 3.55. The Balaban J connectivity index is 0.000000225. The van der Waals surface area contributed by atoms with Gasteiger partial charge in [-0.3, -0.25) is 10.9 Å². The average molecular weight is 631 g/mol. The van der Waals surface area contributed by atoms with E-state index in [4.69, 9.17) is 18.9 Å². The van der Waals surface area contributed by atoms with E-state index in [0.29, 0.717) is 50.2 Å². The van der Waals surface area contributed by atoms with Gasteiger partial charge in [0.2, 0.25) is 0 Å². The number of hydrogen-bond acceptors (Lipinski definition) is 16. The van der Waals surface area contributed by atoms with Crippen molar-refractivity contribution in [1.82, 2.24) is 10.9 Å². The Morgan fingerprint density at radius 1 is 0.667 bits per heavy atom. The molecule has 2 N–H and O–H groups in total. The molecule has 2 saturated heterocycles. The van der Waals surface area contributed by atoms with Crippen molar-refractivity contribution in [3.05, 3.63) is 0 Å². The minimum absolute atomic E-state index is 0. The number of amidine groups is 2. The van der Waals surface area contributed by atoms with Gasteiger partial charge < -0.3 is 18.9 Å². The van der Waals surface area contributed by atoms with E-state index < -0.39 is 46.9 Å². The van der Waals surface area contributed by atoms with Crippen molar-refractivity contribution in [2.45, 2.75) is 97.1 Å². The van der Waals surface area contributed by atoms with E-state index in [0.717, 1.165) is 30.7 Å². The monoisotopic (exact) mass is 630 g/mol. The van der Waals surface area contributed by atoms with Crippen LogP contribution in [0.2, 0.25) is 0 Å². The van der Waals surface area contributed by atoms with Gasteiger partial charge >= 0.3 is 40.4 Å². The molecule has 0 aromatic rings. The molecule has 4 heterocycles. The van der Waals surface area contributed by atoms with Crippen LogP contribution in [0, 0.1) is 0 Å². The second kappa shape index (κ2) is 13.8. The van der Waals surface area contributed by atoms with Crippen LogP contribution < -0.4 is 10.9 Å². The molecule has 0 amide bonds. The molecule has 5 rings (SSSR count). The first kappa shape index (κ1) is 32.5. The number of nitrogens with zero attached hydrogens (tertiary/aromatic N) is 6. The predicted molar refractivity (Wildman–Crippen MR) is 145 cm³/mol. The van der Waals surface area contributed by atoms with E-state index in [9.17, 15) is 19.2 Å². The van der Waals surface area contributed by atoms with Crippen LogP contribution in [0.5, 0.6) is 0 Å². The molecule has 17 heteroatoms. The van der Waals surface area contributed by atoms with Crippen LogP contribution in [0.4, 0.5) is 0 Å². The van der Waals surface area contributed by atoms with Crippen molar-refractivity contribution in [3.8, 4) is 0 Å². The molecular weight excluding hydrogens is 599 g/mol. The van der Waals surface area contributed by atoms with Crippen molar-refractivity contribution >= 4 is 58.4 Å². The molecule has 0 radical (unpaired) electrons. The van der Waals surface area contributed by atoms with Gasteiger partial charge in [0.25, 0.3) is 23.0 Å². The fraction of sp³-hybridized carbons (Fsp3) is 0.600. The molecule has 0 unspecified atom stereocenters. The van der Waals surface area contributed by atoms with Gasteiger partial charge in [-0.25, -0.2) is 19.2 Å². The van der Waals surface area contributed by atoms with Crippen LogP contribution in [0.15, 0.2) is 30.6 Å². The Labute approximate surface area is 251 Å². The number of nitrogens with one attached hydrogen (secondary N) is 2. The molecular formula is C25H32N8NiO8+2. The standard InChI is InChI=1S/C13H16N4O4.C12H16N4O4.Ni/c1-8-7-9(15-14-8)16-17-10-11(18)20-13(21-12(10)19)5-3-2-4-6-13;1-4-12(5-2)19-10(17)9(11(18)20-12)16-15-8-6-7(3)13-14-8;/h2-7H2,1H3,(H,15,16);4-6H2,1-3H3,(H,14,15);/q;;+2. The summed E-state index contributed by atoms with van der Waals surface area (Å²) in [4.78, 5) is 47.7. The fourth-order valence-electron chi connectivity index (χ4n) is 4.38. The van der Waals surface area contributed by atoms with E-state index in [1.54, 1.807) is 13.8 Å². The summed E-state index contributed by atoms with van der Waals surface area (Å²) in [5.41, 5.74) is 5.92.